The van der Waals surface area contributed by atoms with E-state index in [1.807, 2.05) is 0 Å². The molecule has 1 aromatic heterocycles. The molecule has 23 heavy (non-hydrogen) atoms. The van der Waals surface area contributed by atoms with Gasteiger partial charge in [-0.15, -0.1) is 0 Å². The van der Waals surface area contributed by atoms with Crippen molar-refractivity contribution in [1.29, 1.82) is 0 Å². The van der Waals surface area contributed by atoms with Crippen LogP contribution in [-0.2, 0) is 16.0 Å². The Morgan fingerprint density at radius 1 is 1.30 bits per heavy atom. The first kappa shape index (κ1) is 17.5. The minimum Gasteiger partial charge on any atom is -0.464 e. The first-order valence-electron chi connectivity index (χ1n) is 6.76. The van der Waals surface area contributed by atoms with Crippen LogP contribution in [0, 0.1) is 0 Å². The molecule has 0 saturated carbocycles. The Morgan fingerprint density at radius 3 is 2.61 bits per heavy atom. The maximum atomic E-state index is 13.3. The van der Waals surface area contributed by atoms with Crippen molar-refractivity contribution in [3.8, 4) is 0 Å². The summed E-state index contributed by atoms with van der Waals surface area (Å²) in [6, 6.07) is 7.96. The molecule has 0 aliphatic rings. The average molecular weight is 347 g/mol. The third-order valence-corrected chi connectivity index (χ3v) is 3.64. The van der Waals surface area contributed by atoms with Crippen molar-refractivity contribution in [2.75, 3.05) is 6.61 Å². The predicted octanol–water partition coefficient (Wildman–Crippen LogP) is 3.25. The van der Waals surface area contributed by atoms with Gasteiger partial charge in [-0.1, -0.05) is 29.8 Å². The van der Waals surface area contributed by atoms with Gasteiger partial charge in [0.1, 0.15) is 0 Å². The van der Waals surface area contributed by atoms with Crippen molar-refractivity contribution in [2.45, 2.75) is 25.1 Å². The zero-order chi connectivity index (χ0) is 17.3. The van der Waals surface area contributed by atoms with Crippen LogP contribution in [0.25, 0.3) is 10.9 Å². The van der Waals surface area contributed by atoms with Crippen molar-refractivity contribution >= 4 is 28.5 Å². The number of alkyl halides is 3. The number of para-hydroxylation sites is 1. The Balaban J connectivity index is 2.44. The number of ether oxygens (including phenoxy) is 1. The number of esters is 1. The van der Waals surface area contributed by atoms with Crippen molar-refractivity contribution < 1.29 is 22.7 Å². The number of hydrogen-bond acceptors (Lipinski definition) is 4. The van der Waals surface area contributed by atoms with E-state index < -0.39 is 24.1 Å². The van der Waals surface area contributed by atoms with Crippen molar-refractivity contribution in [2.24, 2.45) is 5.73 Å². The molecule has 0 aliphatic heterocycles. The van der Waals surface area contributed by atoms with E-state index in [0.29, 0.717) is 15.9 Å². The summed E-state index contributed by atoms with van der Waals surface area (Å²) >= 11 is 5.99. The van der Waals surface area contributed by atoms with Crippen molar-refractivity contribution in [3.63, 3.8) is 0 Å². The van der Waals surface area contributed by atoms with Crippen LogP contribution < -0.4 is 5.73 Å². The molecule has 2 N–H and O–H groups in total. The second kappa shape index (κ2) is 6.33. The van der Waals surface area contributed by atoms with Gasteiger partial charge in [-0.25, -0.2) is 4.79 Å². The molecule has 2 aromatic rings. The predicted molar refractivity (Wildman–Crippen MR) is 80.1 cm³/mol. The van der Waals surface area contributed by atoms with E-state index >= 15 is 0 Å². The molecule has 0 bridgehead atoms. The van der Waals surface area contributed by atoms with E-state index in [4.69, 9.17) is 17.3 Å². The Morgan fingerprint density at radius 2 is 2.00 bits per heavy atom. The van der Waals surface area contributed by atoms with Crippen LogP contribution in [0.4, 0.5) is 13.2 Å². The minimum absolute atomic E-state index is 0.00141. The van der Waals surface area contributed by atoms with E-state index in [2.05, 4.69) is 9.72 Å². The molecule has 2 rings (SSSR count). The molecular formula is C15H14ClF3N2O2. The zero-order valence-corrected chi connectivity index (χ0v) is 12.9. The number of carbonyl (C=O) groups excluding carboxylic acids is 1. The largest absolute Gasteiger partial charge is 0.464 e. The van der Waals surface area contributed by atoms with Gasteiger partial charge in [0.15, 0.2) is 0 Å². The number of aromatic nitrogens is 1. The lowest BCUT2D eigenvalue weighted by molar-refractivity contribution is -0.205. The number of carbonyl (C=O) groups is 1. The summed E-state index contributed by atoms with van der Waals surface area (Å²) in [6.07, 6.45) is -5.81. The van der Waals surface area contributed by atoms with Crippen LogP contribution in [0.15, 0.2) is 30.3 Å². The number of nitrogens with zero attached hydrogens (tertiary/aromatic N) is 1. The molecule has 0 radical (unpaired) electrons. The molecule has 0 amide bonds. The molecule has 1 heterocycles. The molecule has 1 atom stereocenters. The SMILES string of the molecule is CCOC(=O)[C@](N)(Cc1ccc2cccc(Cl)c2n1)C(F)(F)F. The summed E-state index contributed by atoms with van der Waals surface area (Å²) in [4.78, 5) is 15.8. The smallest absolute Gasteiger partial charge is 0.417 e. The molecule has 4 nitrogen and oxygen atoms in total. The molecule has 1 aromatic carbocycles. The Hall–Kier alpha value is -1.86. The van der Waals surface area contributed by atoms with Crippen LogP contribution in [0.5, 0.6) is 0 Å². The topological polar surface area (TPSA) is 65.2 Å². The fourth-order valence-corrected chi connectivity index (χ4v) is 2.31. The standard InChI is InChI=1S/C15H14ClF3N2O2/c1-2-23-13(22)14(20,15(17,18)19)8-10-7-6-9-4-3-5-11(16)12(9)21-10/h3-7H,2,8,20H2,1H3/t14-/m1/s1. The lowest BCUT2D eigenvalue weighted by Gasteiger charge is -2.29. The van der Waals surface area contributed by atoms with Gasteiger partial charge < -0.3 is 10.5 Å². The maximum Gasteiger partial charge on any atom is 0.417 e. The van der Waals surface area contributed by atoms with Crippen LogP contribution >= 0.6 is 11.6 Å². The number of pyridine rings is 1. The van der Waals surface area contributed by atoms with Gasteiger partial charge in [-0.2, -0.15) is 13.2 Å². The molecule has 0 fully saturated rings. The second-order valence-electron chi connectivity index (χ2n) is 4.98. The maximum absolute atomic E-state index is 13.3. The summed E-state index contributed by atoms with van der Waals surface area (Å²) in [5, 5.41) is 0.974. The highest BCUT2D eigenvalue weighted by Crippen LogP contribution is 2.33. The van der Waals surface area contributed by atoms with Crippen molar-refractivity contribution in [1.82, 2.24) is 4.98 Å². The first-order chi connectivity index (χ1) is 10.7. The molecule has 8 heteroatoms. The third-order valence-electron chi connectivity index (χ3n) is 3.33. The lowest BCUT2D eigenvalue weighted by atomic mass is 9.93. The quantitative estimate of drug-likeness (QED) is 0.863. The highest BCUT2D eigenvalue weighted by atomic mass is 35.5. The van der Waals surface area contributed by atoms with Crippen molar-refractivity contribution in [3.05, 3.63) is 41.0 Å². The van der Waals surface area contributed by atoms with Gasteiger partial charge >= 0.3 is 12.1 Å². The normalized spacial score (nSPS) is 14.5. The summed E-state index contributed by atoms with van der Waals surface area (Å²) < 4.78 is 44.3. The molecule has 0 saturated heterocycles. The van der Waals surface area contributed by atoms with Gasteiger partial charge in [-0.3, -0.25) is 4.98 Å². The van der Waals surface area contributed by atoms with Gasteiger partial charge in [0, 0.05) is 17.5 Å². The van der Waals surface area contributed by atoms with Gasteiger partial charge in [0.2, 0.25) is 5.54 Å². The Bertz CT molecular complexity index is 736. The summed E-state index contributed by atoms with van der Waals surface area (Å²) in [7, 11) is 0. The lowest BCUT2D eigenvalue weighted by Crippen LogP contribution is -2.61. The van der Waals surface area contributed by atoms with Crippen LogP contribution in [0.1, 0.15) is 12.6 Å². The molecule has 124 valence electrons. The Kier molecular flexibility index (Phi) is 4.81. The summed E-state index contributed by atoms with van der Waals surface area (Å²) in [5.41, 5.74) is 2.53. The van der Waals surface area contributed by atoms with Gasteiger partial charge in [-0.05, 0) is 19.1 Å². The molecule has 0 spiro atoms. The second-order valence-corrected chi connectivity index (χ2v) is 5.39. The van der Waals surface area contributed by atoms with Gasteiger partial charge in [0.25, 0.3) is 0 Å². The van der Waals surface area contributed by atoms with Crippen LogP contribution in [0.3, 0.4) is 0 Å². The molecule has 0 aliphatic carbocycles. The third kappa shape index (κ3) is 3.40. The number of nitrogens with two attached hydrogens (primary N) is 1. The Labute approximate surface area is 135 Å². The molecular weight excluding hydrogens is 333 g/mol. The monoisotopic (exact) mass is 346 g/mol. The zero-order valence-electron chi connectivity index (χ0n) is 12.2. The first-order valence-corrected chi connectivity index (χ1v) is 7.14. The minimum atomic E-state index is -4.98. The van der Waals surface area contributed by atoms with E-state index in [0.717, 1.165) is 0 Å². The highest BCUT2D eigenvalue weighted by Gasteiger charge is 2.59. The average Bonchev–Trinajstić information content (AvgIpc) is 2.47. The highest BCUT2D eigenvalue weighted by molar-refractivity contribution is 6.35. The number of fused-ring (bicyclic) bond motifs is 1. The van der Waals surface area contributed by atoms with E-state index in [1.54, 1.807) is 24.3 Å². The molecule has 0 unspecified atom stereocenters. The summed E-state index contributed by atoms with van der Waals surface area (Å²) in [5.74, 6) is -1.53. The fraction of sp³-hybridized carbons (Fsp3) is 0.333. The van der Waals surface area contributed by atoms with Gasteiger partial charge in [0.05, 0.1) is 17.1 Å². The summed E-state index contributed by atoms with van der Waals surface area (Å²) in [6.45, 7) is 1.20. The number of halogens is 4. The number of hydrogen-bond donors (Lipinski definition) is 1. The number of benzene rings is 1. The number of rotatable bonds is 4. The van der Waals surface area contributed by atoms with E-state index in [-0.39, 0.29) is 12.3 Å². The van der Waals surface area contributed by atoms with E-state index in [9.17, 15) is 18.0 Å². The van der Waals surface area contributed by atoms with E-state index in [1.165, 1.54) is 13.0 Å². The fourth-order valence-electron chi connectivity index (χ4n) is 2.08. The van der Waals surface area contributed by atoms with Crippen LogP contribution in [0.2, 0.25) is 5.02 Å². The van der Waals surface area contributed by atoms with Crippen LogP contribution in [-0.4, -0.2) is 29.3 Å².